The molecule has 2 amide bonds. The van der Waals surface area contributed by atoms with Crippen LogP contribution in [0, 0.1) is 0 Å². The molecular weight excluding hydrogens is 491 g/mol. The van der Waals surface area contributed by atoms with Gasteiger partial charge >= 0.3 is 12.3 Å². The SMILES string of the molecule is COC(=O)N(C)CCN(c1ccnc(-c2c[nH]c3ncc(Cl)cc23)n1)[C@@H](C)C(=O)NCC(F)(F)F. The number of anilines is 1. The molecule has 0 unspecified atom stereocenters. The molecule has 0 aliphatic rings. The van der Waals surface area contributed by atoms with Gasteiger partial charge in [0.05, 0.1) is 12.1 Å². The number of alkyl halides is 3. The van der Waals surface area contributed by atoms with Crippen LogP contribution >= 0.6 is 11.6 Å². The van der Waals surface area contributed by atoms with E-state index in [1.54, 1.807) is 12.3 Å². The summed E-state index contributed by atoms with van der Waals surface area (Å²) in [5.74, 6) is -0.300. The number of likely N-dealkylation sites (N-methyl/N-ethyl adjacent to an activating group) is 1. The first kappa shape index (κ1) is 26.0. The van der Waals surface area contributed by atoms with E-state index in [0.29, 0.717) is 21.6 Å². The molecule has 3 aromatic rings. The molecule has 0 radical (unpaired) electrons. The molecule has 1 atom stereocenters. The van der Waals surface area contributed by atoms with Gasteiger partial charge in [0.25, 0.3) is 0 Å². The zero-order chi connectivity index (χ0) is 25.8. The fourth-order valence-corrected chi connectivity index (χ4v) is 3.45. The van der Waals surface area contributed by atoms with E-state index in [0.717, 1.165) is 0 Å². The molecule has 10 nitrogen and oxygen atoms in total. The molecule has 188 valence electrons. The van der Waals surface area contributed by atoms with E-state index in [-0.39, 0.29) is 24.7 Å². The Hall–Kier alpha value is -3.61. The number of aromatic amines is 1. The molecule has 0 bridgehead atoms. The number of rotatable bonds is 8. The van der Waals surface area contributed by atoms with Crippen molar-refractivity contribution in [2.24, 2.45) is 0 Å². The van der Waals surface area contributed by atoms with E-state index in [1.807, 2.05) is 5.32 Å². The number of aromatic nitrogens is 4. The van der Waals surface area contributed by atoms with Crippen LogP contribution in [0.15, 0.2) is 30.7 Å². The van der Waals surface area contributed by atoms with Gasteiger partial charge in [-0.25, -0.2) is 19.7 Å². The van der Waals surface area contributed by atoms with Crippen molar-refractivity contribution < 1.29 is 27.5 Å². The van der Waals surface area contributed by atoms with Crippen LogP contribution in [0.3, 0.4) is 0 Å². The summed E-state index contributed by atoms with van der Waals surface area (Å²) < 4.78 is 42.6. The monoisotopic (exact) mass is 513 g/mol. The van der Waals surface area contributed by atoms with E-state index in [2.05, 4.69) is 24.7 Å². The van der Waals surface area contributed by atoms with Crippen LogP contribution in [0.2, 0.25) is 5.02 Å². The van der Waals surface area contributed by atoms with Crippen molar-refractivity contribution in [1.29, 1.82) is 0 Å². The fraction of sp³-hybridized carbons (Fsp3) is 0.381. The number of hydrogen-bond acceptors (Lipinski definition) is 7. The van der Waals surface area contributed by atoms with Gasteiger partial charge in [-0.15, -0.1) is 0 Å². The average Bonchev–Trinajstić information content (AvgIpc) is 3.24. The minimum absolute atomic E-state index is 0.0733. The minimum atomic E-state index is -4.56. The van der Waals surface area contributed by atoms with Gasteiger partial charge in [-0.2, -0.15) is 13.2 Å². The predicted octanol–water partition coefficient (Wildman–Crippen LogP) is 3.24. The van der Waals surface area contributed by atoms with Crippen LogP contribution in [-0.2, 0) is 9.53 Å². The molecule has 0 fully saturated rings. The van der Waals surface area contributed by atoms with Crippen LogP contribution in [0.4, 0.5) is 23.8 Å². The summed E-state index contributed by atoms with van der Waals surface area (Å²) in [4.78, 5) is 43.1. The normalized spacial score (nSPS) is 12.3. The molecule has 0 saturated carbocycles. The Morgan fingerprint density at radius 1 is 1.29 bits per heavy atom. The molecule has 3 heterocycles. The highest BCUT2D eigenvalue weighted by Gasteiger charge is 2.31. The molecule has 0 aliphatic heterocycles. The smallest absolute Gasteiger partial charge is 0.409 e. The lowest BCUT2D eigenvalue weighted by Gasteiger charge is -2.31. The Kier molecular flexibility index (Phi) is 7.99. The second kappa shape index (κ2) is 10.8. The zero-order valence-corrected chi connectivity index (χ0v) is 19.8. The van der Waals surface area contributed by atoms with E-state index in [1.165, 1.54) is 49.3 Å². The number of fused-ring (bicyclic) bond motifs is 1. The Bertz CT molecular complexity index is 1200. The zero-order valence-electron chi connectivity index (χ0n) is 19.1. The molecule has 14 heteroatoms. The van der Waals surface area contributed by atoms with Crippen molar-refractivity contribution in [3.05, 3.63) is 35.7 Å². The maximum absolute atomic E-state index is 12.6. The summed E-state index contributed by atoms with van der Waals surface area (Å²) in [7, 11) is 2.72. The third-order valence-corrected chi connectivity index (χ3v) is 5.35. The second-order valence-electron chi connectivity index (χ2n) is 7.58. The highest BCUT2D eigenvalue weighted by atomic mass is 35.5. The first-order chi connectivity index (χ1) is 16.5. The van der Waals surface area contributed by atoms with Crippen molar-refractivity contribution in [1.82, 2.24) is 30.2 Å². The van der Waals surface area contributed by atoms with Gasteiger partial charge in [0.15, 0.2) is 5.82 Å². The fourth-order valence-electron chi connectivity index (χ4n) is 3.29. The lowest BCUT2D eigenvalue weighted by molar-refractivity contribution is -0.139. The third-order valence-electron chi connectivity index (χ3n) is 5.15. The van der Waals surface area contributed by atoms with Gasteiger partial charge in [0.2, 0.25) is 5.91 Å². The molecule has 3 rings (SSSR count). The topological polar surface area (TPSA) is 116 Å². The van der Waals surface area contributed by atoms with Crippen LogP contribution < -0.4 is 10.2 Å². The molecule has 0 aliphatic carbocycles. The van der Waals surface area contributed by atoms with Gasteiger partial charge in [-0.1, -0.05) is 11.6 Å². The molecular formula is C21H23ClF3N7O3. The largest absolute Gasteiger partial charge is 0.453 e. The minimum Gasteiger partial charge on any atom is -0.453 e. The Morgan fingerprint density at radius 3 is 2.71 bits per heavy atom. The summed E-state index contributed by atoms with van der Waals surface area (Å²) in [6.45, 7) is 0.157. The molecule has 0 saturated heterocycles. The van der Waals surface area contributed by atoms with Gasteiger partial charge in [-0.3, -0.25) is 4.79 Å². The summed E-state index contributed by atoms with van der Waals surface area (Å²) in [5.41, 5.74) is 1.16. The highest BCUT2D eigenvalue weighted by Crippen LogP contribution is 2.28. The van der Waals surface area contributed by atoms with Crippen molar-refractivity contribution >= 4 is 40.5 Å². The Morgan fingerprint density at radius 2 is 2.03 bits per heavy atom. The molecule has 0 spiro atoms. The number of pyridine rings is 1. The van der Waals surface area contributed by atoms with Gasteiger partial charge in [0.1, 0.15) is 24.1 Å². The number of amides is 2. The van der Waals surface area contributed by atoms with Gasteiger partial charge in [0, 0.05) is 49.7 Å². The van der Waals surface area contributed by atoms with Crippen molar-refractivity contribution in [3.63, 3.8) is 0 Å². The molecule has 2 N–H and O–H groups in total. The summed E-state index contributed by atoms with van der Waals surface area (Å²) in [5, 5.41) is 2.97. The number of hydrogen-bond donors (Lipinski definition) is 2. The first-order valence-corrected chi connectivity index (χ1v) is 10.7. The third kappa shape index (κ3) is 6.50. The lowest BCUT2D eigenvalue weighted by atomic mass is 10.2. The number of ether oxygens (including phenoxy) is 1. The average molecular weight is 514 g/mol. The number of methoxy groups -OCH3 is 1. The van der Waals surface area contributed by atoms with E-state index in [9.17, 15) is 22.8 Å². The van der Waals surface area contributed by atoms with Crippen molar-refractivity contribution in [3.8, 4) is 11.4 Å². The summed E-state index contributed by atoms with van der Waals surface area (Å²) in [6, 6.07) is 2.17. The predicted molar refractivity (Wildman–Crippen MR) is 123 cm³/mol. The lowest BCUT2D eigenvalue weighted by Crippen LogP contribution is -2.50. The summed E-state index contributed by atoms with van der Waals surface area (Å²) >= 11 is 6.07. The van der Waals surface area contributed by atoms with Crippen LogP contribution in [0.25, 0.3) is 22.4 Å². The number of H-pyrrole nitrogens is 1. The maximum Gasteiger partial charge on any atom is 0.409 e. The number of halogens is 4. The number of carbonyl (C=O) groups excluding carboxylic acids is 2. The van der Waals surface area contributed by atoms with E-state index < -0.39 is 30.8 Å². The second-order valence-corrected chi connectivity index (χ2v) is 8.02. The Labute approximate surface area is 203 Å². The van der Waals surface area contributed by atoms with E-state index in [4.69, 9.17) is 11.6 Å². The van der Waals surface area contributed by atoms with Crippen molar-refractivity contribution in [2.45, 2.75) is 19.1 Å². The number of nitrogens with zero attached hydrogens (tertiary/aromatic N) is 5. The van der Waals surface area contributed by atoms with Gasteiger partial charge in [-0.05, 0) is 19.1 Å². The molecule has 3 aromatic heterocycles. The van der Waals surface area contributed by atoms with Crippen molar-refractivity contribution in [2.75, 3.05) is 38.7 Å². The van der Waals surface area contributed by atoms with Crippen LogP contribution in [0.1, 0.15) is 6.92 Å². The Balaban J connectivity index is 1.93. The van der Waals surface area contributed by atoms with Crippen LogP contribution in [0.5, 0.6) is 0 Å². The summed E-state index contributed by atoms with van der Waals surface area (Å²) in [6.07, 6.45) is -0.556. The molecule has 0 aromatic carbocycles. The maximum atomic E-state index is 12.6. The van der Waals surface area contributed by atoms with Gasteiger partial charge < -0.3 is 24.8 Å². The standard InChI is InChI=1S/C21H23ClF3N7O3/c1-12(19(33)29-11-21(23,24)25)32(7-6-31(2)20(34)35-3)16-4-5-26-18(30-16)15-10-28-17-14(15)8-13(22)9-27-17/h4-5,8-10,12H,6-7,11H2,1-3H3,(H,27,28)(H,29,33)/t12-/m0/s1. The first-order valence-electron chi connectivity index (χ1n) is 10.4. The molecule has 35 heavy (non-hydrogen) atoms. The van der Waals surface area contributed by atoms with E-state index >= 15 is 0 Å². The number of nitrogens with one attached hydrogen (secondary N) is 2. The van der Waals surface area contributed by atoms with Crippen LogP contribution in [-0.4, -0.2) is 82.8 Å². The highest BCUT2D eigenvalue weighted by molar-refractivity contribution is 6.31. The number of carbonyl (C=O) groups is 2. The quantitative estimate of drug-likeness (QED) is 0.475.